The summed E-state index contributed by atoms with van der Waals surface area (Å²) in [5.41, 5.74) is 4.93. The van der Waals surface area contributed by atoms with E-state index in [9.17, 15) is 4.79 Å². The first-order valence-corrected chi connectivity index (χ1v) is 2.84. The SMILES string of the molecule is NC(=O)C1=NCC=CC=N1. The summed E-state index contributed by atoms with van der Waals surface area (Å²) in [6, 6.07) is 0. The van der Waals surface area contributed by atoms with E-state index in [0.717, 1.165) is 0 Å². The standard InChI is InChI=1S/C6H7N3O/c7-5(10)6-8-3-1-2-4-9-6/h1-3H,4H2,(H2,7,10). The van der Waals surface area contributed by atoms with E-state index in [1.165, 1.54) is 6.21 Å². The molecule has 1 rings (SSSR count). The molecular formula is C6H7N3O. The molecule has 0 saturated heterocycles. The van der Waals surface area contributed by atoms with Gasteiger partial charge in [-0.25, -0.2) is 4.99 Å². The van der Waals surface area contributed by atoms with Gasteiger partial charge in [-0.15, -0.1) is 0 Å². The average molecular weight is 137 g/mol. The van der Waals surface area contributed by atoms with Crippen molar-refractivity contribution >= 4 is 18.0 Å². The van der Waals surface area contributed by atoms with Crippen LogP contribution in [0, 0.1) is 0 Å². The number of hydrogen-bond donors (Lipinski definition) is 1. The number of allylic oxidation sites excluding steroid dienone is 1. The topological polar surface area (TPSA) is 67.8 Å². The third kappa shape index (κ3) is 1.51. The highest BCUT2D eigenvalue weighted by molar-refractivity contribution is 6.39. The number of hydrogen-bond acceptors (Lipinski definition) is 3. The van der Waals surface area contributed by atoms with Crippen LogP contribution in [0.5, 0.6) is 0 Å². The first-order chi connectivity index (χ1) is 4.80. The lowest BCUT2D eigenvalue weighted by Crippen LogP contribution is -2.21. The Hall–Kier alpha value is -1.45. The van der Waals surface area contributed by atoms with Gasteiger partial charge in [0.1, 0.15) is 0 Å². The summed E-state index contributed by atoms with van der Waals surface area (Å²) in [4.78, 5) is 17.9. The van der Waals surface area contributed by atoms with Crippen molar-refractivity contribution < 1.29 is 4.79 Å². The fraction of sp³-hybridized carbons (Fsp3) is 0.167. The van der Waals surface area contributed by atoms with E-state index in [0.29, 0.717) is 6.54 Å². The smallest absolute Gasteiger partial charge is 0.286 e. The van der Waals surface area contributed by atoms with Crippen LogP contribution in [0.2, 0.25) is 0 Å². The molecule has 2 N–H and O–H groups in total. The van der Waals surface area contributed by atoms with E-state index < -0.39 is 5.91 Å². The van der Waals surface area contributed by atoms with Crippen molar-refractivity contribution in [3.05, 3.63) is 12.2 Å². The predicted molar refractivity (Wildman–Crippen MR) is 39.1 cm³/mol. The van der Waals surface area contributed by atoms with Gasteiger partial charge in [-0.3, -0.25) is 9.79 Å². The van der Waals surface area contributed by atoms with Crippen LogP contribution in [-0.2, 0) is 4.79 Å². The van der Waals surface area contributed by atoms with Crippen molar-refractivity contribution in [3.8, 4) is 0 Å². The van der Waals surface area contributed by atoms with Crippen LogP contribution in [0.3, 0.4) is 0 Å². The number of rotatable bonds is 1. The maximum atomic E-state index is 10.5. The molecule has 0 unspecified atom stereocenters. The van der Waals surface area contributed by atoms with Gasteiger partial charge in [0, 0.05) is 6.21 Å². The first kappa shape index (κ1) is 6.67. The van der Waals surface area contributed by atoms with Gasteiger partial charge in [0.25, 0.3) is 5.91 Å². The van der Waals surface area contributed by atoms with Gasteiger partial charge in [0.2, 0.25) is 5.84 Å². The number of amidine groups is 1. The molecule has 52 valence electrons. The normalized spacial score (nSPS) is 16.2. The van der Waals surface area contributed by atoms with Crippen molar-refractivity contribution in [2.75, 3.05) is 6.54 Å². The molecule has 10 heavy (non-hydrogen) atoms. The lowest BCUT2D eigenvalue weighted by molar-refractivity contribution is -0.112. The molecule has 0 aromatic carbocycles. The van der Waals surface area contributed by atoms with Crippen molar-refractivity contribution in [1.29, 1.82) is 0 Å². The number of nitrogens with two attached hydrogens (primary N) is 1. The summed E-state index contributed by atoms with van der Waals surface area (Å²) < 4.78 is 0. The Balaban J connectivity index is 2.78. The fourth-order valence-electron chi connectivity index (χ4n) is 0.557. The molecular weight excluding hydrogens is 130 g/mol. The number of carbonyl (C=O) groups is 1. The molecule has 1 aliphatic heterocycles. The Morgan fingerprint density at radius 2 is 2.50 bits per heavy atom. The minimum absolute atomic E-state index is 0.0880. The number of amides is 1. The number of primary amides is 1. The summed E-state index contributed by atoms with van der Waals surface area (Å²) in [5, 5.41) is 0. The number of carbonyl (C=O) groups excluding carboxylic acids is 1. The zero-order valence-corrected chi connectivity index (χ0v) is 5.32. The quantitative estimate of drug-likeness (QED) is 0.520. The average Bonchev–Trinajstić information content (AvgIpc) is 2.12. The van der Waals surface area contributed by atoms with Gasteiger partial charge in [-0.2, -0.15) is 0 Å². The van der Waals surface area contributed by atoms with Gasteiger partial charge >= 0.3 is 0 Å². The molecule has 0 aromatic heterocycles. The molecule has 1 heterocycles. The Morgan fingerprint density at radius 3 is 3.20 bits per heavy atom. The highest BCUT2D eigenvalue weighted by atomic mass is 16.1. The molecule has 0 fully saturated rings. The van der Waals surface area contributed by atoms with Crippen LogP contribution in [0.4, 0.5) is 0 Å². The van der Waals surface area contributed by atoms with Gasteiger partial charge in [0.15, 0.2) is 0 Å². The zero-order chi connectivity index (χ0) is 7.40. The largest absolute Gasteiger partial charge is 0.363 e. The van der Waals surface area contributed by atoms with Crippen LogP contribution >= 0.6 is 0 Å². The van der Waals surface area contributed by atoms with Crippen molar-refractivity contribution in [2.45, 2.75) is 0 Å². The fourth-order valence-corrected chi connectivity index (χ4v) is 0.557. The van der Waals surface area contributed by atoms with E-state index in [1.54, 1.807) is 12.2 Å². The van der Waals surface area contributed by atoms with Gasteiger partial charge in [-0.05, 0) is 6.08 Å². The molecule has 4 nitrogen and oxygen atoms in total. The minimum atomic E-state index is -0.583. The summed E-state index contributed by atoms with van der Waals surface area (Å²) in [7, 11) is 0. The Labute approximate surface area is 58.2 Å². The molecule has 1 amide bonds. The van der Waals surface area contributed by atoms with Crippen molar-refractivity contribution in [2.24, 2.45) is 15.7 Å². The number of nitrogens with zero attached hydrogens (tertiary/aromatic N) is 2. The second kappa shape index (κ2) is 2.91. The van der Waals surface area contributed by atoms with E-state index >= 15 is 0 Å². The molecule has 4 heteroatoms. The first-order valence-electron chi connectivity index (χ1n) is 2.84. The highest BCUT2D eigenvalue weighted by Gasteiger charge is 2.02. The second-order valence-corrected chi connectivity index (χ2v) is 1.73. The Morgan fingerprint density at radius 1 is 1.70 bits per heavy atom. The maximum absolute atomic E-state index is 10.5. The van der Waals surface area contributed by atoms with Crippen LogP contribution in [0.25, 0.3) is 0 Å². The summed E-state index contributed by atoms with van der Waals surface area (Å²) in [6.45, 7) is 0.471. The van der Waals surface area contributed by atoms with Crippen LogP contribution in [-0.4, -0.2) is 24.5 Å². The third-order valence-corrected chi connectivity index (χ3v) is 0.986. The Bertz CT molecular complexity index is 227. The van der Waals surface area contributed by atoms with Gasteiger partial charge < -0.3 is 5.73 Å². The molecule has 0 radical (unpaired) electrons. The molecule has 1 aliphatic rings. The number of aliphatic imine (C=N–C) groups is 2. The van der Waals surface area contributed by atoms with Crippen LogP contribution in [0.15, 0.2) is 22.1 Å². The van der Waals surface area contributed by atoms with Gasteiger partial charge in [0.05, 0.1) is 6.54 Å². The van der Waals surface area contributed by atoms with Crippen LogP contribution < -0.4 is 5.73 Å². The lowest BCUT2D eigenvalue weighted by atomic mass is 10.5. The highest BCUT2D eigenvalue weighted by Crippen LogP contribution is 1.86. The summed E-state index contributed by atoms with van der Waals surface area (Å²) >= 11 is 0. The summed E-state index contributed by atoms with van der Waals surface area (Å²) in [5.74, 6) is -0.495. The second-order valence-electron chi connectivity index (χ2n) is 1.73. The summed E-state index contributed by atoms with van der Waals surface area (Å²) in [6.07, 6.45) is 5.01. The molecule has 0 saturated carbocycles. The van der Waals surface area contributed by atoms with Crippen molar-refractivity contribution in [3.63, 3.8) is 0 Å². The van der Waals surface area contributed by atoms with Gasteiger partial charge in [-0.1, -0.05) is 6.08 Å². The lowest BCUT2D eigenvalue weighted by Gasteiger charge is -1.88. The zero-order valence-electron chi connectivity index (χ0n) is 5.32. The van der Waals surface area contributed by atoms with E-state index in [2.05, 4.69) is 9.98 Å². The predicted octanol–water partition coefficient (Wildman–Crippen LogP) is -0.489. The molecule has 0 spiro atoms. The monoisotopic (exact) mass is 137 g/mol. The van der Waals surface area contributed by atoms with Crippen LogP contribution in [0.1, 0.15) is 0 Å². The van der Waals surface area contributed by atoms with Crippen molar-refractivity contribution in [1.82, 2.24) is 0 Å². The third-order valence-electron chi connectivity index (χ3n) is 0.986. The molecule has 0 atom stereocenters. The molecule has 0 aromatic rings. The molecule has 0 aliphatic carbocycles. The minimum Gasteiger partial charge on any atom is -0.363 e. The maximum Gasteiger partial charge on any atom is 0.286 e. The van der Waals surface area contributed by atoms with E-state index in [-0.39, 0.29) is 5.84 Å². The van der Waals surface area contributed by atoms with E-state index in [4.69, 9.17) is 5.73 Å². The molecule has 0 bridgehead atoms. The van der Waals surface area contributed by atoms with E-state index in [1.807, 2.05) is 0 Å². The Kier molecular flexibility index (Phi) is 1.94.